The molecule has 0 saturated carbocycles. The molecular weight excluding hydrogens is 524 g/mol. The molecule has 1 amide bonds. The molecule has 0 spiro atoms. The van der Waals surface area contributed by atoms with Crippen LogP contribution < -0.4 is 9.47 Å². The minimum atomic E-state index is -0.809. The van der Waals surface area contributed by atoms with Crippen LogP contribution in [0.25, 0.3) is 11.0 Å². The van der Waals surface area contributed by atoms with Gasteiger partial charge in [-0.25, -0.2) is 0 Å². The number of carbonyl (C=O) groups is 2. The van der Waals surface area contributed by atoms with Crippen LogP contribution >= 0.6 is 0 Å². The molecule has 41 heavy (non-hydrogen) atoms. The minimum Gasteiger partial charge on any atom is -0.503 e. The first-order valence-corrected chi connectivity index (χ1v) is 14.4. The van der Waals surface area contributed by atoms with Crippen LogP contribution in [0.3, 0.4) is 0 Å². The Kier molecular flexibility index (Phi) is 9.26. The number of morpholine rings is 1. The lowest BCUT2D eigenvalue weighted by Gasteiger charge is -2.30. The summed E-state index contributed by atoms with van der Waals surface area (Å²) in [6.45, 7) is 6.91. The first-order chi connectivity index (χ1) is 20.0. The van der Waals surface area contributed by atoms with Crippen molar-refractivity contribution in [2.45, 2.75) is 38.6 Å². The van der Waals surface area contributed by atoms with Gasteiger partial charge in [-0.3, -0.25) is 14.5 Å². The van der Waals surface area contributed by atoms with Gasteiger partial charge in [-0.05, 0) is 42.7 Å². The summed E-state index contributed by atoms with van der Waals surface area (Å²) in [6.07, 6.45) is 3.77. The third-order valence-electron chi connectivity index (χ3n) is 7.68. The van der Waals surface area contributed by atoms with Crippen molar-refractivity contribution in [2.75, 3.05) is 53.1 Å². The molecule has 0 bridgehead atoms. The van der Waals surface area contributed by atoms with Gasteiger partial charge in [0.2, 0.25) is 5.78 Å². The van der Waals surface area contributed by atoms with Crippen molar-refractivity contribution in [1.29, 1.82) is 0 Å². The van der Waals surface area contributed by atoms with Gasteiger partial charge in [0, 0.05) is 31.6 Å². The summed E-state index contributed by atoms with van der Waals surface area (Å²) in [5.41, 5.74) is 1.20. The fourth-order valence-electron chi connectivity index (χ4n) is 5.49. The van der Waals surface area contributed by atoms with E-state index in [2.05, 4.69) is 11.8 Å². The average molecular weight is 563 g/mol. The summed E-state index contributed by atoms with van der Waals surface area (Å²) in [7, 11) is 1.56. The minimum absolute atomic E-state index is 0.000837. The predicted octanol–water partition coefficient (Wildman–Crippen LogP) is 5.31. The van der Waals surface area contributed by atoms with Crippen molar-refractivity contribution in [3.63, 3.8) is 0 Å². The number of aliphatic hydroxyl groups excluding tert-OH is 1. The number of Topliss-reactive ketones (excluding diaryl/α,β-unsaturated/α-hetero) is 1. The molecule has 3 heterocycles. The molecule has 2 aromatic carbocycles. The Morgan fingerprint density at radius 1 is 1.02 bits per heavy atom. The smallest absolute Gasteiger partial charge is 0.290 e. The highest BCUT2D eigenvalue weighted by molar-refractivity contribution is 6.16. The first-order valence-electron chi connectivity index (χ1n) is 14.4. The molecule has 1 unspecified atom stereocenters. The van der Waals surface area contributed by atoms with Crippen LogP contribution in [0.2, 0.25) is 0 Å². The normalized spacial score (nSPS) is 18.0. The average Bonchev–Trinajstić information content (AvgIpc) is 3.54. The zero-order valence-corrected chi connectivity index (χ0v) is 23.8. The summed E-state index contributed by atoms with van der Waals surface area (Å²) in [5, 5.41) is 11.9. The summed E-state index contributed by atoms with van der Waals surface area (Å²) in [4.78, 5) is 31.2. The van der Waals surface area contributed by atoms with E-state index >= 15 is 0 Å². The zero-order valence-electron chi connectivity index (χ0n) is 23.8. The number of hydrogen-bond acceptors (Lipinski definition) is 8. The number of furan rings is 1. The van der Waals surface area contributed by atoms with Crippen LogP contribution in [-0.4, -0.2) is 79.7 Å². The second-order valence-corrected chi connectivity index (χ2v) is 10.4. The maximum atomic E-state index is 13.9. The molecule has 9 heteroatoms. The molecule has 1 saturated heterocycles. The predicted molar refractivity (Wildman–Crippen MR) is 155 cm³/mol. The van der Waals surface area contributed by atoms with E-state index in [1.165, 1.54) is 0 Å². The van der Waals surface area contributed by atoms with Gasteiger partial charge in [-0.1, -0.05) is 44.0 Å². The van der Waals surface area contributed by atoms with Gasteiger partial charge in [0.15, 0.2) is 23.0 Å². The summed E-state index contributed by atoms with van der Waals surface area (Å²) in [5.74, 6) is -0.480. The van der Waals surface area contributed by atoms with Crippen LogP contribution in [0.4, 0.5) is 0 Å². The number of ether oxygens (including phenoxy) is 3. The molecule has 0 radical (unpaired) electrons. The van der Waals surface area contributed by atoms with Crippen molar-refractivity contribution >= 4 is 22.7 Å². The van der Waals surface area contributed by atoms with Crippen LogP contribution in [0.1, 0.15) is 54.8 Å². The van der Waals surface area contributed by atoms with Crippen LogP contribution in [0.15, 0.2) is 64.3 Å². The fourth-order valence-corrected chi connectivity index (χ4v) is 5.49. The standard InChI is InChI=1S/C32H38N2O7/c1-3-4-7-17-40-25-12-11-23(21-26(25)38-2)29-28(30(35)27-20-22-9-5-6-10-24(22)41-27)31(36)32(37)34(29)14-8-13-33-15-18-39-19-16-33/h5-6,9-12,20-21,29,36H,3-4,7-8,13-19H2,1-2H3. The third kappa shape index (κ3) is 6.26. The van der Waals surface area contributed by atoms with E-state index < -0.39 is 23.5 Å². The monoisotopic (exact) mass is 562 g/mol. The SMILES string of the molecule is CCCCCOc1ccc(C2C(C(=O)c3cc4ccccc4o3)=C(O)C(=O)N2CCCN2CCOCC2)cc1OC. The highest BCUT2D eigenvalue weighted by atomic mass is 16.5. The van der Waals surface area contributed by atoms with Crippen molar-refractivity contribution in [3.8, 4) is 11.5 Å². The Labute approximate surface area is 240 Å². The van der Waals surface area contributed by atoms with Crippen LogP contribution in [0.5, 0.6) is 11.5 Å². The summed E-state index contributed by atoms with van der Waals surface area (Å²) < 4.78 is 22.9. The molecular formula is C32H38N2O7. The quantitative estimate of drug-likeness (QED) is 0.221. The zero-order chi connectivity index (χ0) is 28.8. The van der Waals surface area contributed by atoms with Crippen molar-refractivity contribution in [1.82, 2.24) is 9.80 Å². The Bertz CT molecular complexity index is 1370. The fraction of sp³-hybridized carbons (Fsp3) is 0.438. The van der Waals surface area contributed by atoms with Gasteiger partial charge in [-0.2, -0.15) is 0 Å². The highest BCUT2D eigenvalue weighted by Crippen LogP contribution is 2.42. The third-order valence-corrected chi connectivity index (χ3v) is 7.68. The topological polar surface area (TPSA) is 102 Å². The number of aliphatic hydroxyl groups is 1. The maximum Gasteiger partial charge on any atom is 0.290 e. The van der Waals surface area contributed by atoms with Crippen LogP contribution in [-0.2, 0) is 9.53 Å². The second kappa shape index (κ2) is 13.2. The number of hydrogen-bond donors (Lipinski definition) is 1. The van der Waals surface area contributed by atoms with E-state index in [9.17, 15) is 14.7 Å². The van der Waals surface area contributed by atoms with Crippen molar-refractivity contribution < 1.29 is 33.3 Å². The lowest BCUT2D eigenvalue weighted by atomic mass is 9.94. The lowest BCUT2D eigenvalue weighted by molar-refractivity contribution is -0.129. The van der Waals surface area contributed by atoms with Gasteiger partial charge in [-0.15, -0.1) is 0 Å². The molecule has 1 aromatic heterocycles. The number of ketones is 1. The Hall–Kier alpha value is -3.82. The number of fused-ring (bicyclic) bond motifs is 1. The molecule has 2 aliphatic heterocycles. The Morgan fingerprint density at radius 3 is 2.59 bits per heavy atom. The molecule has 0 aliphatic carbocycles. The van der Waals surface area contributed by atoms with Crippen LogP contribution in [0, 0.1) is 0 Å². The van der Waals surface area contributed by atoms with Gasteiger partial charge in [0.05, 0.1) is 38.5 Å². The Balaban J connectivity index is 1.45. The van der Waals surface area contributed by atoms with Gasteiger partial charge in [0.25, 0.3) is 5.91 Å². The first kappa shape index (κ1) is 28.7. The van der Waals surface area contributed by atoms with E-state index in [1.807, 2.05) is 24.3 Å². The van der Waals surface area contributed by atoms with Crippen molar-refractivity contribution in [3.05, 3.63) is 71.2 Å². The van der Waals surface area contributed by atoms with Crippen molar-refractivity contribution in [2.24, 2.45) is 0 Å². The number of methoxy groups -OCH3 is 1. The second-order valence-electron chi connectivity index (χ2n) is 10.4. The van der Waals surface area contributed by atoms with Gasteiger partial charge < -0.3 is 28.6 Å². The number of carbonyl (C=O) groups excluding carboxylic acids is 2. The molecule has 1 atom stereocenters. The van der Waals surface area contributed by atoms with Gasteiger partial charge in [0.1, 0.15) is 5.58 Å². The number of rotatable bonds is 13. The number of nitrogens with zero attached hydrogens (tertiary/aromatic N) is 2. The number of benzene rings is 2. The maximum absolute atomic E-state index is 13.9. The number of para-hydroxylation sites is 1. The van der Waals surface area contributed by atoms with E-state index in [4.69, 9.17) is 18.6 Å². The largest absolute Gasteiger partial charge is 0.503 e. The number of amides is 1. The molecule has 5 rings (SSSR count). The molecule has 2 aliphatic rings. The molecule has 3 aromatic rings. The summed E-state index contributed by atoms with van der Waals surface area (Å²) in [6, 6.07) is 13.6. The molecule has 218 valence electrons. The lowest BCUT2D eigenvalue weighted by Crippen LogP contribution is -2.39. The Morgan fingerprint density at radius 2 is 1.83 bits per heavy atom. The van der Waals surface area contributed by atoms with E-state index in [-0.39, 0.29) is 11.3 Å². The molecule has 1 N–H and O–H groups in total. The van der Waals surface area contributed by atoms with Gasteiger partial charge >= 0.3 is 0 Å². The number of unbranched alkanes of at least 4 members (excludes halogenated alkanes) is 2. The van der Waals surface area contributed by atoms with E-state index in [1.54, 1.807) is 36.3 Å². The molecule has 9 nitrogen and oxygen atoms in total. The molecule has 1 fully saturated rings. The summed E-state index contributed by atoms with van der Waals surface area (Å²) >= 11 is 0. The van der Waals surface area contributed by atoms with E-state index in [0.717, 1.165) is 44.3 Å². The van der Waals surface area contributed by atoms with E-state index in [0.29, 0.717) is 55.4 Å². The highest BCUT2D eigenvalue weighted by Gasteiger charge is 2.44.